The number of hydrogen-bond donors (Lipinski definition) is 1. The van der Waals surface area contributed by atoms with Gasteiger partial charge in [0.05, 0.1) is 17.6 Å². The molecule has 0 unspecified atom stereocenters. The maximum Gasteiger partial charge on any atom is 0.338 e. The SMILES string of the molecule is COC(=O)c1ccc(O[C@H](C)C(=O)Nc2ccc(F)cc2)c([N+](=O)[O-])c1. The van der Waals surface area contributed by atoms with E-state index >= 15 is 0 Å². The molecule has 9 heteroatoms. The second kappa shape index (κ2) is 8.06. The van der Waals surface area contributed by atoms with Crippen molar-refractivity contribution in [3.63, 3.8) is 0 Å². The molecule has 0 heterocycles. The summed E-state index contributed by atoms with van der Waals surface area (Å²) in [6.45, 7) is 1.40. The summed E-state index contributed by atoms with van der Waals surface area (Å²) in [5.74, 6) is -1.94. The van der Waals surface area contributed by atoms with Gasteiger partial charge in [0, 0.05) is 11.8 Å². The predicted molar refractivity (Wildman–Crippen MR) is 89.6 cm³/mol. The number of esters is 1. The van der Waals surface area contributed by atoms with Crippen LogP contribution in [0.15, 0.2) is 42.5 Å². The van der Waals surface area contributed by atoms with Gasteiger partial charge >= 0.3 is 11.7 Å². The molecule has 0 aromatic heterocycles. The second-order valence-corrected chi connectivity index (χ2v) is 5.19. The predicted octanol–water partition coefficient (Wildman–Crippen LogP) is 2.93. The molecule has 0 spiro atoms. The van der Waals surface area contributed by atoms with E-state index in [0.717, 1.165) is 13.2 Å². The number of rotatable bonds is 6. The van der Waals surface area contributed by atoms with Gasteiger partial charge in [0.15, 0.2) is 11.9 Å². The first-order valence-corrected chi connectivity index (χ1v) is 7.41. The highest BCUT2D eigenvalue weighted by Gasteiger charge is 2.23. The maximum absolute atomic E-state index is 12.9. The number of nitro groups is 1. The van der Waals surface area contributed by atoms with E-state index in [2.05, 4.69) is 10.1 Å². The Morgan fingerprint density at radius 2 is 1.85 bits per heavy atom. The number of methoxy groups -OCH3 is 1. The Morgan fingerprint density at radius 3 is 2.42 bits per heavy atom. The lowest BCUT2D eigenvalue weighted by Gasteiger charge is -2.15. The van der Waals surface area contributed by atoms with Crippen molar-refractivity contribution in [2.24, 2.45) is 0 Å². The molecule has 0 fully saturated rings. The van der Waals surface area contributed by atoms with E-state index in [1.807, 2.05) is 0 Å². The zero-order chi connectivity index (χ0) is 19.3. The molecule has 136 valence electrons. The van der Waals surface area contributed by atoms with Crippen LogP contribution < -0.4 is 10.1 Å². The zero-order valence-corrected chi connectivity index (χ0v) is 13.9. The number of amides is 1. The number of carbonyl (C=O) groups excluding carboxylic acids is 2. The molecule has 2 aromatic rings. The standard InChI is InChI=1S/C17H15FN2O6/c1-10(16(21)19-13-6-4-12(18)5-7-13)26-15-8-3-11(17(22)25-2)9-14(15)20(23)24/h3-10H,1-2H3,(H,19,21)/t10-/m1/s1. The summed E-state index contributed by atoms with van der Waals surface area (Å²) in [4.78, 5) is 34.1. The summed E-state index contributed by atoms with van der Waals surface area (Å²) in [6, 6.07) is 8.60. The first-order chi connectivity index (χ1) is 12.3. The van der Waals surface area contributed by atoms with Crippen molar-refractivity contribution in [2.75, 3.05) is 12.4 Å². The first-order valence-electron chi connectivity index (χ1n) is 7.41. The summed E-state index contributed by atoms with van der Waals surface area (Å²) in [6.07, 6.45) is -1.08. The van der Waals surface area contributed by atoms with Crippen LogP contribution in [0.25, 0.3) is 0 Å². The van der Waals surface area contributed by atoms with E-state index in [9.17, 15) is 24.1 Å². The summed E-state index contributed by atoms with van der Waals surface area (Å²) < 4.78 is 22.7. The fourth-order valence-electron chi connectivity index (χ4n) is 2.03. The Bertz CT molecular complexity index is 838. The van der Waals surface area contributed by atoms with Gasteiger partial charge < -0.3 is 14.8 Å². The summed E-state index contributed by atoms with van der Waals surface area (Å²) in [5, 5.41) is 13.7. The largest absolute Gasteiger partial charge is 0.474 e. The van der Waals surface area contributed by atoms with Crippen LogP contribution in [0, 0.1) is 15.9 Å². The van der Waals surface area contributed by atoms with E-state index in [-0.39, 0.29) is 11.3 Å². The van der Waals surface area contributed by atoms with Crippen LogP contribution in [0.5, 0.6) is 5.75 Å². The first kappa shape index (κ1) is 18.8. The molecule has 0 aliphatic carbocycles. The number of carbonyl (C=O) groups is 2. The average Bonchev–Trinajstić information content (AvgIpc) is 2.62. The van der Waals surface area contributed by atoms with Crippen molar-refractivity contribution in [3.05, 3.63) is 64.0 Å². The third kappa shape index (κ3) is 4.53. The quantitative estimate of drug-likeness (QED) is 0.481. The average molecular weight is 362 g/mol. The van der Waals surface area contributed by atoms with Crippen molar-refractivity contribution in [1.29, 1.82) is 0 Å². The van der Waals surface area contributed by atoms with Gasteiger partial charge in [-0.1, -0.05) is 0 Å². The highest BCUT2D eigenvalue weighted by Crippen LogP contribution is 2.29. The van der Waals surface area contributed by atoms with Gasteiger partial charge in [-0.3, -0.25) is 14.9 Å². The molecular formula is C17H15FN2O6. The monoisotopic (exact) mass is 362 g/mol. The van der Waals surface area contributed by atoms with Crippen molar-refractivity contribution in [2.45, 2.75) is 13.0 Å². The highest BCUT2D eigenvalue weighted by molar-refractivity contribution is 5.94. The van der Waals surface area contributed by atoms with Crippen LogP contribution in [0.3, 0.4) is 0 Å². The molecule has 0 radical (unpaired) electrons. The number of halogens is 1. The number of ether oxygens (including phenoxy) is 2. The molecule has 2 aromatic carbocycles. The number of nitrogens with one attached hydrogen (secondary N) is 1. The Balaban J connectivity index is 2.15. The molecule has 0 aliphatic heterocycles. The fourth-order valence-corrected chi connectivity index (χ4v) is 2.03. The summed E-state index contributed by atoms with van der Waals surface area (Å²) in [5.41, 5.74) is -0.147. The third-order valence-corrected chi connectivity index (χ3v) is 3.36. The number of nitrogens with zero attached hydrogens (tertiary/aromatic N) is 1. The van der Waals surface area contributed by atoms with Gasteiger partial charge in [0.2, 0.25) is 0 Å². The third-order valence-electron chi connectivity index (χ3n) is 3.36. The Kier molecular flexibility index (Phi) is 5.84. The van der Waals surface area contributed by atoms with Crippen LogP contribution in [-0.2, 0) is 9.53 Å². The maximum atomic E-state index is 12.9. The number of benzene rings is 2. The second-order valence-electron chi connectivity index (χ2n) is 5.19. The summed E-state index contributed by atoms with van der Waals surface area (Å²) in [7, 11) is 1.15. The molecule has 0 bridgehead atoms. The van der Waals surface area contributed by atoms with E-state index < -0.39 is 34.4 Å². The van der Waals surface area contributed by atoms with Crippen LogP contribution in [-0.4, -0.2) is 30.0 Å². The summed E-state index contributed by atoms with van der Waals surface area (Å²) >= 11 is 0. The van der Waals surface area contributed by atoms with Gasteiger partial charge in [-0.15, -0.1) is 0 Å². The van der Waals surface area contributed by atoms with Crippen LogP contribution in [0.2, 0.25) is 0 Å². The van der Waals surface area contributed by atoms with Gasteiger partial charge in [-0.2, -0.15) is 0 Å². The minimum absolute atomic E-state index is 0.0185. The van der Waals surface area contributed by atoms with Crippen LogP contribution >= 0.6 is 0 Å². The van der Waals surface area contributed by atoms with E-state index in [1.165, 1.54) is 43.3 Å². The molecule has 1 amide bonds. The van der Waals surface area contributed by atoms with E-state index in [4.69, 9.17) is 4.74 Å². The Morgan fingerprint density at radius 1 is 1.19 bits per heavy atom. The minimum atomic E-state index is -1.08. The lowest BCUT2D eigenvalue weighted by atomic mass is 10.2. The molecule has 0 saturated carbocycles. The van der Waals surface area contributed by atoms with Gasteiger partial charge in [-0.05, 0) is 43.3 Å². The van der Waals surface area contributed by atoms with Crippen LogP contribution in [0.4, 0.5) is 15.8 Å². The van der Waals surface area contributed by atoms with Crippen molar-refractivity contribution in [3.8, 4) is 5.75 Å². The van der Waals surface area contributed by atoms with Crippen LogP contribution in [0.1, 0.15) is 17.3 Å². The van der Waals surface area contributed by atoms with E-state index in [1.54, 1.807) is 0 Å². The molecule has 1 atom stereocenters. The lowest BCUT2D eigenvalue weighted by Crippen LogP contribution is -2.30. The molecular weight excluding hydrogens is 347 g/mol. The number of anilines is 1. The lowest BCUT2D eigenvalue weighted by molar-refractivity contribution is -0.386. The topological polar surface area (TPSA) is 108 Å². The van der Waals surface area contributed by atoms with Crippen molar-refractivity contribution in [1.82, 2.24) is 0 Å². The molecule has 26 heavy (non-hydrogen) atoms. The molecule has 0 saturated heterocycles. The van der Waals surface area contributed by atoms with Crippen molar-refractivity contribution < 1.29 is 28.4 Å². The fraction of sp³-hybridized carbons (Fsp3) is 0.176. The van der Waals surface area contributed by atoms with Gasteiger partial charge in [0.25, 0.3) is 5.91 Å². The zero-order valence-electron chi connectivity index (χ0n) is 13.9. The normalized spacial score (nSPS) is 11.3. The molecule has 8 nitrogen and oxygen atoms in total. The Labute approximate surface area is 147 Å². The molecule has 1 N–H and O–H groups in total. The van der Waals surface area contributed by atoms with Gasteiger partial charge in [0.1, 0.15) is 5.82 Å². The van der Waals surface area contributed by atoms with E-state index in [0.29, 0.717) is 5.69 Å². The molecule has 2 rings (SSSR count). The smallest absolute Gasteiger partial charge is 0.338 e. The number of nitro benzene ring substituents is 1. The molecule has 0 aliphatic rings. The Hall–Kier alpha value is -3.49. The van der Waals surface area contributed by atoms with Crippen molar-refractivity contribution >= 4 is 23.3 Å². The minimum Gasteiger partial charge on any atom is -0.474 e. The highest BCUT2D eigenvalue weighted by atomic mass is 19.1. The number of hydrogen-bond acceptors (Lipinski definition) is 6. The van der Waals surface area contributed by atoms with Gasteiger partial charge in [-0.25, -0.2) is 9.18 Å².